The van der Waals surface area contributed by atoms with Gasteiger partial charge in [-0.05, 0) is 307 Å². The summed E-state index contributed by atoms with van der Waals surface area (Å²) in [5, 5.41) is 4.98. The lowest BCUT2D eigenvalue weighted by atomic mass is 9.78. The van der Waals surface area contributed by atoms with Crippen LogP contribution in [0, 0.1) is 0 Å². The van der Waals surface area contributed by atoms with Crippen LogP contribution in [0.15, 0.2) is 502 Å². The van der Waals surface area contributed by atoms with E-state index in [0.29, 0.717) is 0 Å². The van der Waals surface area contributed by atoms with Crippen molar-refractivity contribution in [1.29, 1.82) is 0 Å². The van der Waals surface area contributed by atoms with Crippen molar-refractivity contribution in [3.8, 4) is 135 Å². The molecule has 0 radical (unpaired) electrons. The molecule has 1 aliphatic rings. The van der Waals surface area contributed by atoms with Gasteiger partial charge in [-0.1, -0.05) is 295 Å². The Kier molecular flexibility index (Phi) is 22.5. The molecule has 144 heavy (non-hydrogen) atoms. The molecule has 20 aromatic carbocycles. The van der Waals surface area contributed by atoms with Gasteiger partial charge in [-0.25, -0.2) is 19.9 Å². The molecule has 0 unspecified atom stereocenters. The molecule has 1 aliphatic heterocycles. The number of rotatable bonds is 16. The Morgan fingerprint density at radius 2 is 0.424 bits per heavy atom. The van der Waals surface area contributed by atoms with Crippen LogP contribution in [0.3, 0.4) is 0 Å². The van der Waals surface area contributed by atoms with Gasteiger partial charge in [0.25, 0.3) is 0 Å². The first-order valence-corrected chi connectivity index (χ1v) is 49.6. The fraction of sp³-hybridized carbons (Fsp3) is 0.0462. The molecular weight excluding hydrogens is 1820 g/mol. The molecule has 1 fully saturated rings. The lowest BCUT2D eigenvalue weighted by Gasteiger charge is -2.32. The molecule has 0 N–H and O–H groups in total. The highest BCUT2D eigenvalue weighted by Crippen LogP contribution is 2.46. The van der Waals surface area contributed by atoms with E-state index in [2.05, 4.69) is 544 Å². The Bertz CT molecular complexity index is 9080. The minimum Gasteiger partial charge on any atom is -0.399 e. The highest BCUT2D eigenvalue weighted by molar-refractivity contribution is 9.10. The molecule has 1 saturated heterocycles. The van der Waals surface area contributed by atoms with Crippen molar-refractivity contribution in [2.45, 2.75) is 38.9 Å². The van der Waals surface area contributed by atoms with Gasteiger partial charge in [-0.3, -0.25) is 18.3 Å². The Balaban J connectivity index is 0.000000121. The van der Waals surface area contributed by atoms with Crippen molar-refractivity contribution in [2.75, 3.05) is 0 Å². The van der Waals surface area contributed by atoms with Gasteiger partial charge in [0.1, 0.15) is 23.3 Å². The summed E-state index contributed by atoms with van der Waals surface area (Å²) >= 11 is 3.68. The van der Waals surface area contributed by atoms with Crippen LogP contribution in [-0.4, -0.2) is 65.7 Å². The van der Waals surface area contributed by atoms with E-state index in [1.54, 1.807) is 0 Å². The zero-order valence-corrected chi connectivity index (χ0v) is 81.2. The zero-order valence-electron chi connectivity index (χ0n) is 79.6. The van der Waals surface area contributed by atoms with Crippen LogP contribution in [0.4, 0.5) is 0 Å². The summed E-state index contributed by atoms with van der Waals surface area (Å²) in [6.07, 6.45) is 0. The average molecular weight is 1920 g/mol. The van der Waals surface area contributed by atoms with Crippen molar-refractivity contribution in [3.05, 3.63) is 502 Å². The monoisotopic (exact) mass is 1920 g/mol. The summed E-state index contributed by atoms with van der Waals surface area (Å²) in [7, 11) is -0.367. The zero-order chi connectivity index (χ0) is 96.5. The number of aromatic nitrogens is 10. The predicted molar refractivity (Wildman–Crippen MR) is 599 cm³/mol. The van der Waals surface area contributed by atoms with Crippen LogP contribution < -0.4 is 5.46 Å². The van der Waals surface area contributed by atoms with Gasteiger partial charge in [0.05, 0.1) is 77.4 Å². The minimum atomic E-state index is -0.367. The highest BCUT2D eigenvalue weighted by atomic mass is 79.9. The van der Waals surface area contributed by atoms with Crippen LogP contribution in [0.1, 0.15) is 27.7 Å². The number of halogens is 1. The molecule has 0 bridgehead atoms. The number of benzene rings is 20. The SMILES string of the molecule is Brc1cccc(-c2cc(-c3nc4ccccc4n3-c3ccccc3)cc(-c3nc4ccccc4n3-c3ccccc3)c2)c1.CC1(C)OB(c2cccc(-c3ccc4c(c3)c3ccccc3n4-c3ccccc3)c2)OC1(C)C.c1ccc(-n2c(-c3cc(-c4cccc(-c5cccc(-c6ccc7c(c6)c6ccccc6n7-c6ccccc6)c5)c4)cc(-c4nc5ccccc5n4-c4ccccc4)c3)nc3ccccc32)cc1. The first kappa shape index (κ1) is 87.8. The molecular formula is C130H94BBrN10O2. The van der Waals surface area contributed by atoms with Gasteiger partial charge in [0.2, 0.25) is 0 Å². The van der Waals surface area contributed by atoms with Gasteiger partial charge >= 0.3 is 7.12 Å². The molecule has 12 nitrogen and oxygen atoms in total. The third kappa shape index (κ3) is 16.2. The number of hydrogen-bond acceptors (Lipinski definition) is 6. The lowest BCUT2D eigenvalue weighted by Crippen LogP contribution is -2.41. The second kappa shape index (κ2) is 36.8. The van der Waals surface area contributed by atoms with Crippen molar-refractivity contribution in [2.24, 2.45) is 0 Å². The fourth-order valence-corrected chi connectivity index (χ4v) is 21.0. The van der Waals surface area contributed by atoms with E-state index in [1.165, 1.54) is 66.0 Å². The molecule has 14 heteroatoms. The minimum absolute atomic E-state index is 0.355. The Labute approximate surface area is 842 Å². The third-order valence-electron chi connectivity index (χ3n) is 28.2. The topological polar surface area (TPSA) is 99.6 Å². The van der Waals surface area contributed by atoms with Crippen LogP contribution in [0.25, 0.3) is 223 Å². The van der Waals surface area contributed by atoms with Crippen molar-refractivity contribution in [3.63, 3.8) is 0 Å². The fourth-order valence-electron chi connectivity index (χ4n) is 20.6. The molecule has 26 aromatic rings. The summed E-state index contributed by atoms with van der Waals surface area (Å²) in [6.45, 7) is 8.36. The predicted octanol–water partition coefficient (Wildman–Crippen LogP) is 32.7. The van der Waals surface area contributed by atoms with Gasteiger partial charge in [-0.15, -0.1) is 0 Å². The molecule has 6 aromatic heterocycles. The van der Waals surface area contributed by atoms with E-state index in [1.807, 2.05) is 24.3 Å². The maximum Gasteiger partial charge on any atom is 0.494 e. The molecule has 0 amide bonds. The largest absolute Gasteiger partial charge is 0.494 e. The molecule has 27 rings (SSSR count). The quantitative estimate of drug-likeness (QED) is 0.0894. The Hall–Kier alpha value is -17.7. The summed E-state index contributed by atoms with van der Waals surface area (Å²) < 4.78 is 27.4. The van der Waals surface area contributed by atoms with Crippen LogP contribution in [0.5, 0.6) is 0 Å². The second-order valence-corrected chi connectivity index (χ2v) is 38.6. The Morgan fingerprint density at radius 1 is 0.188 bits per heavy atom. The number of hydrogen-bond donors (Lipinski definition) is 0. The van der Waals surface area contributed by atoms with Gasteiger partial charge in [0, 0.05) is 82.4 Å². The maximum atomic E-state index is 6.30. The Morgan fingerprint density at radius 3 is 0.750 bits per heavy atom. The third-order valence-corrected chi connectivity index (χ3v) is 28.7. The molecule has 0 spiro atoms. The normalized spacial score (nSPS) is 12.8. The van der Waals surface area contributed by atoms with Gasteiger partial charge in [0.15, 0.2) is 0 Å². The van der Waals surface area contributed by atoms with E-state index >= 15 is 0 Å². The molecule has 0 saturated carbocycles. The molecule has 0 aliphatic carbocycles. The standard InChI is InChI=1S/C62H41N5.C38H25BrN4.C30H28BNO2/c1-4-22-50(23-5-1)65-57-31-13-10-28-53(57)54-41-46(34-35-58(54)65)44-20-16-18-42(36-44)43-19-17-21-45(37-43)47-38-48(61-63-55-29-11-14-32-59(55)66(61)51-24-6-2-7-25-51)40-49(39-47)62-64-56-30-12-15-33-60(56)67(62)52-26-8-3-9-27-52;39-30-13-11-12-26(25-30)27-22-28(37-40-33-18-7-9-20-35(33)42(37)31-14-3-1-4-15-31)24-29(23-27)38-41-34-19-8-10-21-36(34)43(38)32-16-5-2-6-17-32;1-29(2)30(3,4)34-31(33-29)23-12-10-11-21(19-23)22-17-18-28-26(20-22)25-15-8-9-16-27(25)32(28)24-13-6-5-7-14-24/h1-41H;1-25H;5-20H,1-4H3. The van der Waals surface area contributed by atoms with Crippen LogP contribution >= 0.6 is 15.9 Å². The number of fused-ring (bicyclic) bond motifs is 10. The summed E-state index contributed by atoms with van der Waals surface area (Å²) in [5.74, 6) is 3.50. The second-order valence-electron chi connectivity index (χ2n) is 37.7. The van der Waals surface area contributed by atoms with E-state index in [4.69, 9.17) is 29.2 Å². The first-order valence-electron chi connectivity index (χ1n) is 48.8. The van der Waals surface area contributed by atoms with Crippen LogP contribution in [-0.2, 0) is 9.31 Å². The van der Waals surface area contributed by atoms with Crippen LogP contribution in [0.2, 0.25) is 0 Å². The smallest absolute Gasteiger partial charge is 0.399 e. The maximum absolute atomic E-state index is 6.30. The highest BCUT2D eigenvalue weighted by Gasteiger charge is 2.52. The lowest BCUT2D eigenvalue weighted by molar-refractivity contribution is 0.00578. The van der Waals surface area contributed by atoms with E-state index in [0.717, 1.165) is 167 Å². The summed E-state index contributed by atoms with van der Waals surface area (Å²) in [6, 6.07) is 176. The number of para-hydroxylation sites is 16. The average Bonchev–Trinajstić information content (AvgIpc) is 1.59. The summed E-state index contributed by atoms with van der Waals surface area (Å²) in [5.41, 5.74) is 35.1. The molecule has 7 heterocycles. The van der Waals surface area contributed by atoms with Crippen molar-refractivity contribution < 1.29 is 9.31 Å². The molecule has 0 atom stereocenters. The number of nitrogens with zero attached hydrogens (tertiary/aromatic N) is 10. The van der Waals surface area contributed by atoms with E-state index < -0.39 is 0 Å². The van der Waals surface area contributed by atoms with Gasteiger partial charge in [-0.2, -0.15) is 0 Å². The van der Waals surface area contributed by atoms with E-state index in [9.17, 15) is 0 Å². The van der Waals surface area contributed by atoms with Crippen molar-refractivity contribution in [1.82, 2.24) is 47.3 Å². The number of imidazole rings is 4. The first-order chi connectivity index (χ1) is 70.8. The molecule has 686 valence electrons. The van der Waals surface area contributed by atoms with E-state index in [-0.39, 0.29) is 18.3 Å². The van der Waals surface area contributed by atoms with Gasteiger partial charge < -0.3 is 18.4 Å². The van der Waals surface area contributed by atoms with Crippen molar-refractivity contribution >= 4 is 116 Å². The summed E-state index contributed by atoms with van der Waals surface area (Å²) in [4.78, 5) is 21.1.